The molecule has 32 heavy (non-hydrogen) atoms. The molecule has 4 heterocycles. The number of nitrogens with one attached hydrogen (secondary N) is 1. The highest BCUT2D eigenvalue weighted by Crippen LogP contribution is 2.40. The molecule has 1 N–H and O–H groups in total. The normalized spacial score (nSPS) is 21.8. The molecule has 2 atom stereocenters. The van der Waals surface area contributed by atoms with E-state index >= 15 is 0 Å². The molecule has 2 fully saturated rings. The number of hydrogen-bond acceptors (Lipinski definition) is 4. The van der Waals surface area contributed by atoms with Gasteiger partial charge in [0.15, 0.2) is 5.11 Å². The van der Waals surface area contributed by atoms with E-state index in [9.17, 15) is 0 Å². The molecule has 6 nitrogen and oxygen atoms in total. The lowest BCUT2D eigenvalue weighted by Crippen LogP contribution is -2.37. The van der Waals surface area contributed by atoms with E-state index in [1.807, 2.05) is 12.3 Å². The van der Waals surface area contributed by atoms with Gasteiger partial charge in [-0.15, -0.1) is 0 Å². The fourth-order valence-electron chi connectivity index (χ4n) is 5.06. The molecular formula is C25H37N5OS. The van der Waals surface area contributed by atoms with Crippen molar-refractivity contribution < 1.29 is 4.74 Å². The standard InChI is InChI=1S/C25H37N5OS/c1-4-5-12-30-24(23(27-25(30)32)22-9-6-7-10-26-22)21-18-19(2)29(20(21)3)13-8-11-28-14-16-31-17-15-28/h6-7,9-10,18,23-24H,4-5,8,11-17H2,1-3H3,(H,27,32). The van der Waals surface area contributed by atoms with Gasteiger partial charge in [0.05, 0.1) is 31.0 Å². The predicted octanol–water partition coefficient (Wildman–Crippen LogP) is 3.99. The molecule has 2 aromatic rings. The molecular weight excluding hydrogens is 418 g/mol. The third-order valence-electron chi connectivity index (χ3n) is 6.84. The molecule has 4 rings (SSSR count). The first-order chi connectivity index (χ1) is 15.6. The Labute approximate surface area is 197 Å². The number of thiocarbonyl (C=S) groups is 1. The van der Waals surface area contributed by atoms with Gasteiger partial charge >= 0.3 is 0 Å². The average molecular weight is 456 g/mol. The van der Waals surface area contributed by atoms with Gasteiger partial charge in [-0.05, 0) is 62.7 Å². The van der Waals surface area contributed by atoms with E-state index < -0.39 is 0 Å². The quantitative estimate of drug-likeness (QED) is 0.577. The van der Waals surface area contributed by atoms with Gasteiger partial charge in [0.25, 0.3) is 0 Å². The molecule has 7 heteroatoms. The van der Waals surface area contributed by atoms with Crippen molar-refractivity contribution in [3.8, 4) is 0 Å². The molecule has 0 bridgehead atoms. The number of nitrogens with zero attached hydrogens (tertiary/aromatic N) is 4. The van der Waals surface area contributed by atoms with Crippen LogP contribution in [0.5, 0.6) is 0 Å². The number of morpholine rings is 1. The van der Waals surface area contributed by atoms with E-state index in [0.29, 0.717) is 0 Å². The van der Waals surface area contributed by atoms with E-state index in [1.165, 1.54) is 17.0 Å². The largest absolute Gasteiger partial charge is 0.379 e. The van der Waals surface area contributed by atoms with Gasteiger partial charge in [-0.3, -0.25) is 9.88 Å². The Morgan fingerprint density at radius 1 is 1.12 bits per heavy atom. The second-order valence-electron chi connectivity index (χ2n) is 8.96. The summed E-state index contributed by atoms with van der Waals surface area (Å²) in [6.45, 7) is 13.7. The zero-order chi connectivity index (χ0) is 22.5. The molecule has 0 aliphatic carbocycles. The lowest BCUT2D eigenvalue weighted by Gasteiger charge is -2.28. The van der Waals surface area contributed by atoms with Crippen molar-refractivity contribution in [1.82, 2.24) is 24.7 Å². The molecule has 2 aromatic heterocycles. The van der Waals surface area contributed by atoms with E-state index in [4.69, 9.17) is 17.0 Å². The highest BCUT2D eigenvalue weighted by molar-refractivity contribution is 7.80. The summed E-state index contributed by atoms with van der Waals surface area (Å²) in [4.78, 5) is 9.58. The lowest BCUT2D eigenvalue weighted by atomic mass is 9.96. The van der Waals surface area contributed by atoms with Crippen molar-refractivity contribution in [2.45, 2.75) is 58.7 Å². The lowest BCUT2D eigenvalue weighted by molar-refractivity contribution is 0.0369. The third kappa shape index (κ3) is 5.00. The Morgan fingerprint density at radius 2 is 1.94 bits per heavy atom. The van der Waals surface area contributed by atoms with Gasteiger partial charge in [-0.25, -0.2) is 0 Å². The highest BCUT2D eigenvalue weighted by atomic mass is 32.1. The van der Waals surface area contributed by atoms with Crippen LogP contribution in [0.25, 0.3) is 0 Å². The Hall–Kier alpha value is -1.96. The molecule has 2 saturated heterocycles. The molecule has 0 radical (unpaired) electrons. The van der Waals surface area contributed by atoms with Crippen molar-refractivity contribution in [1.29, 1.82) is 0 Å². The Kier molecular flexibility index (Phi) is 7.81. The summed E-state index contributed by atoms with van der Waals surface area (Å²) in [6, 6.07) is 8.76. The van der Waals surface area contributed by atoms with Crippen LogP contribution in [-0.2, 0) is 11.3 Å². The summed E-state index contributed by atoms with van der Waals surface area (Å²) in [5.74, 6) is 0. The monoisotopic (exact) mass is 455 g/mol. The number of pyridine rings is 1. The van der Waals surface area contributed by atoms with Crippen LogP contribution in [0, 0.1) is 13.8 Å². The second kappa shape index (κ2) is 10.8. The molecule has 0 aromatic carbocycles. The molecule has 0 spiro atoms. The first-order valence-electron chi connectivity index (χ1n) is 12.0. The number of rotatable bonds is 9. The average Bonchev–Trinajstić information content (AvgIpc) is 3.29. The van der Waals surface area contributed by atoms with Crippen molar-refractivity contribution >= 4 is 17.3 Å². The molecule has 2 aliphatic heterocycles. The molecule has 0 amide bonds. The summed E-state index contributed by atoms with van der Waals surface area (Å²) < 4.78 is 7.97. The number of unbranched alkanes of at least 4 members (excludes halogenated alkanes) is 1. The van der Waals surface area contributed by atoms with Crippen molar-refractivity contribution in [2.24, 2.45) is 0 Å². The Balaban J connectivity index is 1.56. The smallest absolute Gasteiger partial charge is 0.170 e. The maximum absolute atomic E-state index is 5.80. The van der Waals surface area contributed by atoms with Gasteiger partial charge in [-0.2, -0.15) is 0 Å². The van der Waals surface area contributed by atoms with E-state index in [0.717, 1.165) is 76.0 Å². The number of hydrogen-bond donors (Lipinski definition) is 1. The van der Waals surface area contributed by atoms with E-state index in [2.05, 4.69) is 63.6 Å². The van der Waals surface area contributed by atoms with Crippen LogP contribution in [0.3, 0.4) is 0 Å². The maximum atomic E-state index is 5.80. The van der Waals surface area contributed by atoms with Crippen molar-refractivity contribution in [3.63, 3.8) is 0 Å². The first-order valence-corrected chi connectivity index (χ1v) is 12.5. The van der Waals surface area contributed by atoms with Crippen LogP contribution in [0.1, 0.15) is 60.9 Å². The van der Waals surface area contributed by atoms with Gasteiger partial charge in [0.1, 0.15) is 0 Å². The molecule has 2 aliphatic rings. The van der Waals surface area contributed by atoms with Crippen LogP contribution in [0.2, 0.25) is 0 Å². The fourth-order valence-corrected chi connectivity index (χ4v) is 5.39. The fraction of sp³-hybridized carbons (Fsp3) is 0.600. The van der Waals surface area contributed by atoms with Crippen LogP contribution < -0.4 is 5.32 Å². The Bertz CT molecular complexity index is 893. The number of ether oxygens (including phenoxy) is 1. The molecule has 0 saturated carbocycles. The third-order valence-corrected chi connectivity index (χ3v) is 7.19. The van der Waals surface area contributed by atoms with Crippen LogP contribution >= 0.6 is 12.2 Å². The summed E-state index contributed by atoms with van der Waals surface area (Å²) in [7, 11) is 0. The second-order valence-corrected chi connectivity index (χ2v) is 9.35. The molecule has 2 unspecified atom stereocenters. The van der Waals surface area contributed by atoms with Crippen molar-refractivity contribution in [2.75, 3.05) is 39.4 Å². The van der Waals surface area contributed by atoms with Crippen molar-refractivity contribution in [3.05, 3.63) is 53.1 Å². The first kappa shape index (κ1) is 23.2. The van der Waals surface area contributed by atoms with Crippen LogP contribution in [0.4, 0.5) is 0 Å². The van der Waals surface area contributed by atoms with Gasteiger partial charge in [-0.1, -0.05) is 19.4 Å². The van der Waals surface area contributed by atoms with Gasteiger partial charge in [0, 0.05) is 50.3 Å². The van der Waals surface area contributed by atoms with Crippen LogP contribution in [0.15, 0.2) is 30.5 Å². The Morgan fingerprint density at radius 3 is 2.66 bits per heavy atom. The SMILES string of the molecule is CCCCN1C(=S)NC(c2ccccn2)C1c1cc(C)n(CCCN2CCOCC2)c1C. The minimum atomic E-state index is 0.0721. The van der Waals surface area contributed by atoms with Gasteiger partial charge in [0.2, 0.25) is 0 Å². The van der Waals surface area contributed by atoms with E-state index in [-0.39, 0.29) is 12.1 Å². The summed E-state index contributed by atoms with van der Waals surface area (Å²) >= 11 is 5.80. The zero-order valence-electron chi connectivity index (χ0n) is 19.7. The summed E-state index contributed by atoms with van der Waals surface area (Å²) in [6.07, 6.45) is 5.31. The van der Waals surface area contributed by atoms with E-state index in [1.54, 1.807) is 0 Å². The van der Waals surface area contributed by atoms with Crippen LogP contribution in [-0.4, -0.2) is 63.9 Å². The number of aromatic nitrogens is 2. The summed E-state index contributed by atoms with van der Waals surface area (Å²) in [5, 5.41) is 4.43. The maximum Gasteiger partial charge on any atom is 0.170 e. The summed E-state index contributed by atoms with van der Waals surface area (Å²) in [5.41, 5.74) is 5.10. The minimum Gasteiger partial charge on any atom is -0.379 e. The minimum absolute atomic E-state index is 0.0721. The number of aryl methyl sites for hydroxylation is 1. The van der Waals surface area contributed by atoms with Gasteiger partial charge < -0.3 is 19.5 Å². The topological polar surface area (TPSA) is 45.6 Å². The predicted molar refractivity (Wildman–Crippen MR) is 133 cm³/mol. The zero-order valence-corrected chi connectivity index (χ0v) is 20.5. The molecule has 174 valence electrons. The highest BCUT2D eigenvalue weighted by Gasteiger charge is 2.40.